The number of fused-ring (bicyclic) bond motifs is 1. The van der Waals surface area contributed by atoms with Crippen LogP contribution in [0, 0.1) is 6.92 Å². The first kappa shape index (κ1) is 15.0. The summed E-state index contributed by atoms with van der Waals surface area (Å²) in [5.74, 6) is 1.66. The van der Waals surface area contributed by atoms with Gasteiger partial charge in [0.1, 0.15) is 5.65 Å². The van der Waals surface area contributed by atoms with Crippen LogP contribution in [0.5, 0.6) is 0 Å². The lowest BCUT2D eigenvalue weighted by Crippen LogP contribution is -2.46. The van der Waals surface area contributed by atoms with Crippen molar-refractivity contribution in [1.29, 1.82) is 0 Å². The fourth-order valence-corrected chi connectivity index (χ4v) is 3.64. The zero-order valence-electron chi connectivity index (χ0n) is 14.6. The Balaban J connectivity index is 1.26. The molecular formula is C19H23N5O. The van der Waals surface area contributed by atoms with Gasteiger partial charge in [-0.3, -0.25) is 4.90 Å². The SMILES string of the molecule is Cc1cc(CN2CCN(c3ccc4nc(C5CC5)cn4c3)CC2)on1. The second kappa shape index (κ2) is 5.88. The smallest absolute Gasteiger partial charge is 0.150 e. The highest BCUT2D eigenvalue weighted by atomic mass is 16.5. The summed E-state index contributed by atoms with van der Waals surface area (Å²) in [7, 11) is 0. The second-order valence-electron chi connectivity index (χ2n) is 7.29. The van der Waals surface area contributed by atoms with Crippen LogP contribution in [-0.4, -0.2) is 45.6 Å². The lowest BCUT2D eigenvalue weighted by molar-refractivity contribution is 0.219. The highest BCUT2D eigenvalue weighted by molar-refractivity contribution is 5.53. The first-order valence-electron chi connectivity index (χ1n) is 9.13. The van der Waals surface area contributed by atoms with Gasteiger partial charge in [-0.2, -0.15) is 0 Å². The highest BCUT2D eigenvalue weighted by Gasteiger charge is 2.26. The highest BCUT2D eigenvalue weighted by Crippen LogP contribution is 2.39. The molecule has 0 bridgehead atoms. The maximum absolute atomic E-state index is 5.34. The van der Waals surface area contributed by atoms with Crippen molar-refractivity contribution in [3.8, 4) is 0 Å². The molecule has 1 saturated carbocycles. The van der Waals surface area contributed by atoms with Crippen LogP contribution in [0.4, 0.5) is 5.69 Å². The van der Waals surface area contributed by atoms with Crippen molar-refractivity contribution in [3.63, 3.8) is 0 Å². The molecule has 1 saturated heterocycles. The van der Waals surface area contributed by atoms with E-state index in [1.165, 1.54) is 24.2 Å². The van der Waals surface area contributed by atoms with Crippen molar-refractivity contribution in [1.82, 2.24) is 19.4 Å². The van der Waals surface area contributed by atoms with Crippen LogP contribution in [0.15, 0.2) is 35.1 Å². The number of rotatable bonds is 4. The molecule has 2 fully saturated rings. The molecule has 0 aromatic carbocycles. The predicted octanol–water partition coefficient (Wildman–Crippen LogP) is 2.83. The number of imidazole rings is 1. The molecule has 25 heavy (non-hydrogen) atoms. The van der Waals surface area contributed by atoms with Crippen LogP contribution in [0.3, 0.4) is 0 Å². The number of nitrogens with zero attached hydrogens (tertiary/aromatic N) is 5. The third-order valence-electron chi connectivity index (χ3n) is 5.24. The van der Waals surface area contributed by atoms with E-state index in [4.69, 9.17) is 9.51 Å². The van der Waals surface area contributed by atoms with Gasteiger partial charge in [-0.1, -0.05) is 5.16 Å². The molecule has 1 aliphatic carbocycles. The van der Waals surface area contributed by atoms with Crippen LogP contribution in [-0.2, 0) is 6.54 Å². The van der Waals surface area contributed by atoms with Crippen LogP contribution < -0.4 is 4.90 Å². The maximum atomic E-state index is 5.34. The van der Waals surface area contributed by atoms with Crippen LogP contribution in [0.25, 0.3) is 5.65 Å². The minimum Gasteiger partial charge on any atom is -0.368 e. The molecule has 2 aliphatic rings. The fraction of sp³-hybridized carbons (Fsp3) is 0.474. The van der Waals surface area contributed by atoms with Crippen molar-refractivity contribution in [2.24, 2.45) is 0 Å². The van der Waals surface area contributed by atoms with Gasteiger partial charge in [0.05, 0.1) is 23.6 Å². The summed E-state index contributed by atoms with van der Waals surface area (Å²) in [5.41, 5.74) is 4.55. The minimum absolute atomic E-state index is 0.701. The number of piperazine rings is 1. The van der Waals surface area contributed by atoms with E-state index in [1.807, 2.05) is 13.0 Å². The molecule has 0 spiro atoms. The summed E-state index contributed by atoms with van der Waals surface area (Å²) in [6, 6.07) is 6.37. The van der Waals surface area contributed by atoms with Crippen LogP contribution in [0.1, 0.15) is 35.9 Å². The van der Waals surface area contributed by atoms with Gasteiger partial charge in [0.25, 0.3) is 0 Å². The fourth-order valence-electron chi connectivity index (χ4n) is 3.64. The third-order valence-corrected chi connectivity index (χ3v) is 5.24. The lowest BCUT2D eigenvalue weighted by Gasteiger charge is -2.35. The summed E-state index contributed by atoms with van der Waals surface area (Å²) in [6.45, 7) is 6.95. The van der Waals surface area contributed by atoms with E-state index in [0.29, 0.717) is 5.92 Å². The van der Waals surface area contributed by atoms with E-state index in [9.17, 15) is 0 Å². The molecule has 6 heteroatoms. The molecule has 130 valence electrons. The van der Waals surface area contributed by atoms with Gasteiger partial charge in [-0.15, -0.1) is 0 Å². The standard InChI is InChI=1S/C19H23N5O/c1-14-10-17(25-21-14)12-22-6-8-23(9-7-22)16-4-5-19-20-18(15-2-3-15)13-24(19)11-16/h4-5,10-11,13,15H,2-3,6-9,12H2,1H3. The Labute approximate surface area is 147 Å². The zero-order valence-corrected chi connectivity index (χ0v) is 14.6. The molecule has 0 radical (unpaired) electrons. The van der Waals surface area contributed by atoms with E-state index in [-0.39, 0.29) is 0 Å². The number of aromatic nitrogens is 3. The topological polar surface area (TPSA) is 49.8 Å². The van der Waals surface area contributed by atoms with E-state index < -0.39 is 0 Å². The zero-order chi connectivity index (χ0) is 16.8. The van der Waals surface area contributed by atoms with Gasteiger partial charge in [-0.25, -0.2) is 4.98 Å². The molecule has 5 rings (SSSR count). The van der Waals surface area contributed by atoms with Crippen molar-refractivity contribution in [2.45, 2.75) is 32.2 Å². The van der Waals surface area contributed by atoms with Gasteiger partial charge < -0.3 is 13.8 Å². The molecule has 0 amide bonds. The van der Waals surface area contributed by atoms with Crippen molar-refractivity contribution < 1.29 is 4.52 Å². The average molecular weight is 337 g/mol. The van der Waals surface area contributed by atoms with Crippen molar-refractivity contribution >= 4 is 11.3 Å². The quantitative estimate of drug-likeness (QED) is 0.733. The molecule has 0 atom stereocenters. The Bertz CT molecular complexity index is 886. The summed E-state index contributed by atoms with van der Waals surface area (Å²) in [5, 5.41) is 3.97. The number of pyridine rings is 1. The van der Waals surface area contributed by atoms with Gasteiger partial charge in [0.15, 0.2) is 5.76 Å². The summed E-state index contributed by atoms with van der Waals surface area (Å²) in [4.78, 5) is 9.63. The number of hydrogen-bond donors (Lipinski definition) is 0. The molecule has 6 nitrogen and oxygen atoms in total. The molecule has 1 aliphatic heterocycles. The molecule has 3 aromatic rings. The van der Waals surface area contributed by atoms with E-state index in [1.54, 1.807) is 0 Å². The van der Waals surface area contributed by atoms with E-state index >= 15 is 0 Å². The Morgan fingerprint density at radius 3 is 2.68 bits per heavy atom. The Morgan fingerprint density at radius 2 is 1.96 bits per heavy atom. The van der Waals surface area contributed by atoms with Crippen LogP contribution in [0.2, 0.25) is 0 Å². The van der Waals surface area contributed by atoms with Gasteiger partial charge in [-0.05, 0) is 31.9 Å². The summed E-state index contributed by atoms with van der Waals surface area (Å²) >= 11 is 0. The minimum atomic E-state index is 0.701. The Hall–Kier alpha value is -2.34. The normalized spacial score (nSPS) is 19.0. The lowest BCUT2D eigenvalue weighted by atomic mass is 10.2. The Kier molecular flexibility index (Phi) is 3.52. The second-order valence-corrected chi connectivity index (χ2v) is 7.29. The first-order valence-corrected chi connectivity index (χ1v) is 9.13. The first-order chi connectivity index (χ1) is 12.2. The largest absolute Gasteiger partial charge is 0.368 e. The van der Waals surface area contributed by atoms with E-state index in [2.05, 4.69) is 43.9 Å². The molecule has 0 N–H and O–H groups in total. The Morgan fingerprint density at radius 1 is 1.12 bits per heavy atom. The van der Waals surface area contributed by atoms with Gasteiger partial charge in [0.2, 0.25) is 0 Å². The number of anilines is 1. The number of aryl methyl sites for hydroxylation is 1. The van der Waals surface area contributed by atoms with Gasteiger partial charge in [0, 0.05) is 50.6 Å². The molecule has 3 aromatic heterocycles. The summed E-state index contributed by atoms with van der Waals surface area (Å²) < 4.78 is 7.52. The van der Waals surface area contributed by atoms with Crippen LogP contribution >= 0.6 is 0 Å². The third kappa shape index (κ3) is 3.02. The van der Waals surface area contributed by atoms with E-state index in [0.717, 1.165) is 49.8 Å². The molecule has 0 unspecified atom stereocenters. The molecular weight excluding hydrogens is 314 g/mol. The molecule has 4 heterocycles. The predicted molar refractivity (Wildman–Crippen MR) is 95.9 cm³/mol. The van der Waals surface area contributed by atoms with Crippen molar-refractivity contribution in [3.05, 3.63) is 47.7 Å². The maximum Gasteiger partial charge on any atom is 0.150 e. The average Bonchev–Trinajstić information content (AvgIpc) is 3.27. The van der Waals surface area contributed by atoms with Crippen molar-refractivity contribution in [2.75, 3.05) is 31.1 Å². The monoisotopic (exact) mass is 337 g/mol. The number of hydrogen-bond acceptors (Lipinski definition) is 5. The van der Waals surface area contributed by atoms with Gasteiger partial charge >= 0.3 is 0 Å². The summed E-state index contributed by atoms with van der Waals surface area (Å²) in [6.07, 6.45) is 7.02.